The molecule has 3 heteroatoms. The summed E-state index contributed by atoms with van der Waals surface area (Å²) in [6.45, 7) is 5.85. The highest BCUT2D eigenvalue weighted by molar-refractivity contribution is 5.87. The van der Waals surface area contributed by atoms with Gasteiger partial charge in [0.2, 0.25) is 0 Å². The summed E-state index contributed by atoms with van der Waals surface area (Å²) in [5.74, 6) is 0.738. The highest BCUT2D eigenvalue weighted by atomic mass is 16.5. The van der Waals surface area contributed by atoms with Gasteiger partial charge in [-0.3, -0.25) is 4.79 Å². The number of pyridine rings is 1. The quantitative estimate of drug-likeness (QED) is 0.718. The van der Waals surface area contributed by atoms with Gasteiger partial charge in [-0.2, -0.15) is 0 Å². The lowest BCUT2D eigenvalue weighted by Gasteiger charge is -2.11. The normalized spacial score (nSPS) is 17.6. The van der Waals surface area contributed by atoms with E-state index in [1.165, 1.54) is 0 Å². The van der Waals surface area contributed by atoms with Crippen LogP contribution in [0.2, 0.25) is 0 Å². The lowest BCUT2D eigenvalue weighted by Crippen LogP contribution is -2.21. The van der Waals surface area contributed by atoms with Crippen molar-refractivity contribution in [3.05, 3.63) is 52.3 Å². The fourth-order valence-corrected chi connectivity index (χ4v) is 2.49. The smallest absolute Gasteiger partial charge is 0.257 e. The van der Waals surface area contributed by atoms with E-state index in [1.807, 2.05) is 31.2 Å². The average molecular weight is 241 g/mol. The molecule has 0 amide bonds. The zero-order chi connectivity index (χ0) is 12.9. The van der Waals surface area contributed by atoms with E-state index < -0.39 is 0 Å². The van der Waals surface area contributed by atoms with Crippen LogP contribution < -0.4 is 10.3 Å². The number of rotatable bonds is 1. The van der Waals surface area contributed by atoms with Crippen molar-refractivity contribution in [1.82, 2.24) is 4.57 Å². The largest absolute Gasteiger partial charge is 0.485 e. The molecule has 2 heterocycles. The molecule has 1 aliphatic heterocycles. The lowest BCUT2D eigenvalue weighted by atomic mass is 10.1. The summed E-state index contributed by atoms with van der Waals surface area (Å²) in [6, 6.07) is 7.83. The van der Waals surface area contributed by atoms with Crippen molar-refractivity contribution < 1.29 is 4.74 Å². The number of nitrogens with zero attached hydrogens (tertiary/aromatic N) is 1. The van der Waals surface area contributed by atoms with Gasteiger partial charge in [0.1, 0.15) is 11.9 Å². The molecule has 3 nitrogen and oxygen atoms in total. The molecule has 1 atom stereocenters. The minimum atomic E-state index is -0.0708. The lowest BCUT2D eigenvalue weighted by molar-refractivity contribution is 0.273. The van der Waals surface area contributed by atoms with Crippen molar-refractivity contribution in [2.45, 2.75) is 19.4 Å². The summed E-state index contributed by atoms with van der Waals surface area (Å²) in [4.78, 5) is 12.3. The van der Waals surface area contributed by atoms with Gasteiger partial charge in [-0.05, 0) is 24.6 Å². The molecule has 0 N–H and O–H groups in total. The number of aryl methyl sites for hydroxylation is 1. The Kier molecular flexibility index (Phi) is 2.30. The fourth-order valence-electron chi connectivity index (χ4n) is 2.49. The number of aromatic nitrogens is 1. The van der Waals surface area contributed by atoms with E-state index in [1.54, 1.807) is 11.6 Å². The first kappa shape index (κ1) is 11.1. The predicted octanol–water partition coefficient (Wildman–Crippen LogP) is 2.42. The summed E-state index contributed by atoms with van der Waals surface area (Å²) >= 11 is 0. The van der Waals surface area contributed by atoms with Crippen LogP contribution in [0.4, 0.5) is 0 Å². The van der Waals surface area contributed by atoms with E-state index >= 15 is 0 Å². The second-order valence-corrected chi connectivity index (χ2v) is 4.85. The number of ether oxygens (including phenoxy) is 1. The number of para-hydroxylation sites is 1. The summed E-state index contributed by atoms with van der Waals surface area (Å²) in [5, 5.41) is 0.998. The third-order valence-electron chi connectivity index (χ3n) is 3.55. The second kappa shape index (κ2) is 3.73. The van der Waals surface area contributed by atoms with E-state index in [9.17, 15) is 4.79 Å². The van der Waals surface area contributed by atoms with Gasteiger partial charge in [0.25, 0.3) is 5.56 Å². The molecule has 18 heavy (non-hydrogen) atoms. The molecule has 0 aliphatic carbocycles. The van der Waals surface area contributed by atoms with Crippen molar-refractivity contribution in [1.29, 1.82) is 0 Å². The van der Waals surface area contributed by atoms with Gasteiger partial charge in [-0.15, -0.1) is 0 Å². The van der Waals surface area contributed by atoms with Crippen LogP contribution in [0.25, 0.3) is 10.9 Å². The minimum Gasteiger partial charge on any atom is -0.485 e. The topological polar surface area (TPSA) is 31.2 Å². The zero-order valence-electron chi connectivity index (χ0n) is 10.6. The van der Waals surface area contributed by atoms with Gasteiger partial charge < -0.3 is 9.30 Å². The van der Waals surface area contributed by atoms with E-state index in [-0.39, 0.29) is 11.7 Å². The Hall–Kier alpha value is -2.03. The Morgan fingerprint density at radius 3 is 2.89 bits per heavy atom. The number of fused-ring (bicyclic) bond motifs is 3. The van der Waals surface area contributed by atoms with Crippen LogP contribution in [0.3, 0.4) is 0 Å². The zero-order valence-corrected chi connectivity index (χ0v) is 10.6. The SMILES string of the molecule is C=C(C)[C@@H]1Cc2c(c3ccccc3n(C)c2=O)O1. The molecule has 2 aromatic rings. The summed E-state index contributed by atoms with van der Waals surface area (Å²) in [5.41, 5.74) is 2.66. The van der Waals surface area contributed by atoms with Gasteiger partial charge in [0.15, 0.2) is 0 Å². The summed E-state index contributed by atoms with van der Waals surface area (Å²) in [7, 11) is 1.80. The monoisotopic (exact) mass is 241 g/mol. The number of benzene rings is 1. The van der Waals surface area contributed by atoms with Crippen LogP contribution >= 0.6 is 0 Å². The molecule has 0 fully saturated rings. The molecular weight excluding hydrogens is 226 g/mol. The summed E-state index contributed by atoms with van der Waals surface area (Å²) in [6.07, 6.45) is 0.556. The van der Waals surface area contributed by atoms with Gasteiger partial charge in [0.05, 0.1) is 11.1 Å². The molecule has 1 aliphatic rings. The van der Waals surface area contributed by atoms with Crippen molar-refractivity contribution in [2.24, 2.45) is 7.05 Å². The first-order valence-electron chi connectivity index (χ1n) is 6.02. The summed E-state index contributed by atoms with van der Waals surface area (Å²) < 4.78 is 7.60. The van der Waals surface area contributed by atoms with Crippen molar-refractivity contribution in [3.8, 4) is 5.75 Å². The Bertz CT molecular complexity index is 712. The van der Waals surface area contributed by atoms with Gasteiger partial charge in [-0.25, -0.2) is 0 Å². The highest BCUT2D eigenvalue weighted by Gasteiger charge is 2.28. The molecule has 0 spiro atoms. The molecule has 0 radical (unpaired) electrons. The maximum atomic E-state index is 12.3. The Morgan fingerprint density at radius 1 is 1.44 bits per heavy atom. The van der Waals surface area contributed by atoms with Crippen LogP contribution in [-0.4, -0.2) is 10.7 Å². The number of hydrogen-bond donors (Lipinski definition) is 0. The Balaban J connectivity index is 2.34. The van der Waals surface area contributed by atoms with E-state index in [0.29, 0.717) is 6.42 Å². The predicted molar refractivity (Wildman–Crippen MR) is 72.1 cm³/mol. The molecule has 1 aromatic heterocycles. The van der Waals surface area contributed by atoms with Crippen LogP contribution in [0.1, 0.15) is 12.5 Å². The average Bonchev–Trinajstić information content (AvgIpc) is 2.81. The maximum absolute atomic E-state index is 12.3. The first-order valence-corrected chi connectivity index (χ1v) is 6.02. The maximum Gasteiger partial charge on any atom is 0.257 e. The molecule has 0 saturated carbocycles. The van der Waals surface area contributed by atoms with Gasteiger partial charge in [0, 0.05) is 18.9 Å². The van der Waals surface area contributed by atoms with E-state index in [4.69, 9.17) is 4.74 Å². The third kappa shape index (κ3) is 1.40. The molecule has 0 unspecified atom stereocenters. The van der Waals surface area contributed by atoms with Crippen molar-refractivity contribution in [3.63, 3.8) is 0 Å². The van der Waals surface area contributed by atoms with Crippen LogP contribution in [0, 0.1) is 0 Å². The molecular formula is C15H15NO2. The molecule has 0 bridgehead atoms. The van der Waals surface area contributed by atoms with E-state index in [2.05, 4.69) is 6.58 Å². The molecule has 92 valence electrons. The van der Waals surface area contributed by atoms with Crippen LogP contribution in [0.5, 0.6) is 5.75 Å². The second-order valence-electron chi connectivity index (χ2n) is 4.85. The minimum absolute atomic E-state index is 0.0347. The Morgan fingerprint density at radius 2 is 2.17 bits per heavy atom. The highest BCUT2D eigenvalue weighted by Crippen LogP contribution is 2.35. The molecule has 3 rings (SSSR count). The molecule has 1 aromatic carbocycles. The van der Waals surface area contributed by atoms with Crippen molar-refractivity contribution in [2.75, 3.05) is 0 Å². The third-order valence-corrected chi connectivity index (χ3v) is 3.55. The Labute approximate surface area is 105 Å². The van der Waals surface area contributed by atoms with Crippen LogP contribution in [-0.2, 0) is 13.5 Å². The fraction of sp³-hybridized carbons (Fsp3) is 0.267. The van der Waals surface area contributed by atoms with Gasteiger partial charge >= 0.3 is 0 Å². The van der Waals surface area contributed by atoms with E-state index in [0.717, 1.165) is 27.8 Å². The molecule has 0 saturated heterocycles. The first-order chi connectivity index (χ1) is 8.59. The van der Waals surface area contributed by atoms with Crippen LogP contribution in [0.15, 0.2) is 41.2 Å². The van der Waals surface area contributed by atoms with Crippen molar-refractivity contribution >= 4 is 10.9 Å². The standard InChI is InChI=1S/C15H15NO2/c1-9(2)13-8-11-14(18-13)10-6-4-5-7-12(10)16(3)15(11)17/h4-7,13H,1,8H2,2-3H3/t13-/m0/s1. The van der Waals surface area contributed by atoms with Gasteiger partial charge in [-0.1, -0.05) is 18.7 Å². The number of hydrogen-bond acceptors (Lipinski definition) is 2.